The normalized spacial score (nSPS) is 15.2. The molecule has 4 rings (SSSR count). The highest BCUT2D eigenvalue weighted by Crippen LogP contribution is 2.27. The van der Waals surface area contributed by atoms with E-state index in [1.807, 2.05) is 42.5 Å². The van der Waals surface area contributed by atoms with Crippen molar-refractivity contribution in [2.45, 2.75) is 38.8 Å². The van der Waals surface area contributed by atoms with Crippen LogP contribution in [0.4, 0.5) is 0 Å². The number of hydrogen-bond donors (Lipinski definition) is 0. The molecule has 0 N–H and O–H groups in total. The minimum Gasteiger partial charge on any atom is -0.341 e. The Bertz CT molecular complexity index is 892. The van der Waals surface area contributed by atoms with Gasteiger partial charge in [0, 0.05) is 55.7 Å². The molecular weight excluding hydrogens is 340 g/mol. The first-order valence-electron chi connectivity index (χ1n) is 9.37. The van der Waals surface area contributed by atoms with Gasteiger partial charge in [0.15, 0.2) is 0 Å². The Hall–Kier alpha value is -2.96. The molecule has 0 aliphatic carbocycles. The predicted octanol–water partition coefficient (Wildman–Crippen LogP) is 2.24. The summed E-state index contributed by atoms with van der Waals surface area (Å²) in [7, 11) is 0. The Morgan fingerprint density at radius 2 is 2.04 bits per heavy atom. The zero-order valence-electron chi connectivity index (χ0n) is 15.5. The van der Waals surface area contributed by atoms with E-state index < -0.39 is 0 Å². The molecule has 0 radical (unpaired) electrons. The highest BCUT2D eigenvalue weighted by Gasteiger charge is 2.26. The van der Waals surface area contributed by atoms with Gasteiger partial charge in [-0.3, -0.25) is 14.5 Å². The lowest BCUT2D eigenvalue weighted by molar-refractivity contribution is -0.133. The van der Waals surface area contributed by atoms with Crippen molar-refractivity contribution >= 4 is 5.91 Å². The molecule has 0 saturated carbocycles. The van der Waals surface area contributed by atoms with Crippen LogP contribution in [0.3, 0.4) is 0 Å². The highest BCUT2D eigenvalue weighted by molar-refractivity contribution is 5.76. The molecule has 4 heterocycles. The minimum atomic E-state index is 0.138. The lowest BCUT2D eigenvalue weighted by atomic mass is 9.95. The maximum Gasteiger partial charge on any atom is 0.244 e. The molecule has 0 bridgehead atoms. The summed E-state index contributed by atoms with van der Waals surface area (Å²) in [6.07, 6.45) is 11.2. The van der Waals surface area contributed by atoms with Gasteiger partial charge in [0.1, 0.15) is 12.4 Å². The largest absolute Gasteiger partial charge is 0.341 e. The molecule has 0 atom stereocenters. The number of imidazole rings is 1. The van der Waals surface area contributed by atoms with Crippen molar-refractivity contribution in [1.29, 1.82) is 0 Å². The third kappa shape index (κ3) is 3.92. The van der Waals surface area contributed by atoms with E-state index in [9.17, 15) is 4.79 Å². The Kier molecular flexibility index (Phi) is 5.00. The molecule has 7 nitrogen and oxygen atoms in total. The molecule has 7 heteroatoms. The molecule has 1 aliphatic rings. The van der Waals surface area contributed by atoms with Crippen molar-refractivity contribution in [3.63, 3.8) is 0 Å². The molecule has 1 saturated heterocycles. The van der Waals surface area contributed by atoms with Crippen molar-refractivity contribution in [3.8, 4) is 0 Å². The fraction of sp³-hybridized carbons (Fsp3) is 0.400. The van der Waals surface area contributed by atoms with Crippen LogP contribution in [0, 0.1) is 6.92 Å². The van der Waals surface area contributed by atoms with E-state index in [4.69, 9.17) is 0 Å². The van der Waals surface area contributed by atoms with Crippen molar-refractivity contribution in [2.24, 2.45) is 0 Å². The van der Waals surface area contributed by atoms with Gasteiger partial charge in [0.25, 0.3) is 0 Å². The van der Waals surface area contributed by atoms with Crippen molar-refractivity contribution < 1.29 is 4.79 Å². The highest BCUT2D eigenvalue weighted by atomic mass is 16.2. The summed E-state index contributed by atoms with van der Waals surface area (Å²) in [4.78, 5) is 23.3. The van der Waals surface area contributed by atoms with E-state index in [1.54, 1.807) is 17.1 Å². The van der Waals surface area contributed by atoms with Crippen molar-refractivity contribution in [2.75, 3.05) is 13.1 Å². The second kappa shape index (κ2) is 7.73. The average molecular weight is 364 g/mol. The maximum absolute atomic E-state index is 12.6. The van der Waals surface area contributed by atoms with Crippen LogP contribution in [0.1, 0.15) is 35.8 Å². The summed E-state index contributed by atoms with van der Waals surface area (Å²) in [5.74, 6) is 1.62. The number of hydrogen-bond acceptors (Lipinski definition) is 4. The Morgan fingerprint density at radius 3 is 2.74 bits per heavy atom. The smallest absolute Gasteiger partial charge is 0.244 e. The van der Waals surface area contributed by atoms with Crippen LogP contribution in [0.5, 0.6) is 0 Å². The lowest BCUT2D eigenvalue weighted by Gasteiger charge is -2.32. The number of likely N-dealkylation sites (tertiary alicyclic amines) is 1. The summed E-state index contributed by atoms with van der Waals surface area (Å²) in [5, 5.41) is 4.21. The number of aromatic nitrogens is 5. The van der Waals surface area contributed by atoms with Gasteiger partial charge in [-0.15, -0.1) is 0 Å². The third-order valence-electron chi connectivity index (χ3n) is 5.25. The zero-order valence-corrected chi connectivity index (χ0v) is 15.5. The number of rotatable bonds is 5. The van der Waals surface area contributed by atoms with Gasteiger partial charge in [0.2, 0.25) is 5.91 Å². The molecule has 140 valence electrons. The van der Waals surface area contributed by atoms with E-state index in [2.05, 4.69) is 25.7 Å². The number of amides is 1. The monoisotopic (exact) mass is 364 g/mol. The van der Waals surface area contributed by atoms with Gasteiger partial charge in [-0.05, 0) is 37.5 Å². The van der Waals surface area contributed by atoms with E-state index in [1.165, 1.54) is 5.56 Å². The van der Waals surface area contributed by atoms with E-state index in [0.29, 0.717) is 12.5 Å². The molecule has 0 aromatic carbocycles. The van der Waals surface area contributed by atoms with Crippen molar-refractivity contribution in [3.05, 3.63) is 66.3 Å². The van der Waals surface area contributed by atoms with Crippen LogP contribution >= 0.6 is 0 Å². The summed E-state index contributed by atoms with van der Waals surface area (Å²) in [6, 6.07) is 5.95. The molecule has 0 unspecified atom stereocenters. The molecule has 1 amide bonds. The van der Waals surface area contributed by atoms with Gasteiger partial charge >= 0.3 is 0 Å². The predicted molar refractivity (Wildman–Crippen MR) is 101 cm³/mol. The molecule has 0 spiro atoms. The first-order chi connectivity index (χ1) is 13.2. The summed E-state index contributed by atoms with van der Waals surface area (Å²) < 4.78 is 3.96. The van der Waals surface area contributed by atoms with Gasteiger partial charge < -0.3 is 9.47 Å². The SMILES string of the molecule is Cc1ccnn1CC(=O)N1CCC(c2nccn2Cc2cccnc2)CC1. The number of piperidine rings is 1. The van der Waals surface area contributed by atoms with Crippen LogP contribution in [-0.4, -0.2) is 48.2 Å². The fourth-order valence-corrected chi connectivity index (χ4v) is 3.68. The maximum atomic E-state index is 12.6. The summed E-state index contributed by atoms with van der Waals surface area (Å²) >= 11 is 0. The molecule has 1 fully saturated rings. The van der Waals surface area contributed by atoms with Gasteiger partial charge in [0.05, 0.1) is 6.54 Å². The number of carbonyl (C=O) groups excluding carboxylic acids is 1. The van der Waals surface area contributed by atoms with Crippen molar-refractivity contribution in [1.82, 2.24) is 29.2 Å². The molecule has 3 aromatic heterocycles. The molecule has 3 aromatic rings. The fourth-order valence-electron chi connectivity index (χ4n) is 3.68. The summed E-state index contributed by atoms with van der Waals surface area (Å²) in [5.41, 5.74) is 2.18. The number of aryl methyl sites for hydroxylation is 1. The van der Waals surface area contributed by atoms with Gasteiger partial charge in [-0.25, -0.2) is 4.98 Å². The van der Waals surface area contributed by atoms with Crippen LogP contribution in [-0.2, 0) is 17.9 Å². The quantitative estimate of drug-likeness (QED) is 0.696. The zero-order chi connectivity index (χ0) is 18.6. The minimum absolute atomic E-state index is 0.138. The lowest BCUT2D eigenvalue weighted by Crippen LogP contribution is -2.40. The first kappa shape index (κ1) is 17.5. The van der Waals surface area contributed by atoms with E-state index in [0.717, 1.165) is 44.0 Å². The second-order valence-corrected chi connectivity index (χ2v) is 7.06. The third-order valence-corrected chi connectivity index (χ3v) is 5.25. The standard InChI is InChI=1S/C20H24N6O/c1-16-4-8-23-26(16)15-19(27)24-10-5-18(6-11-24)20-22-9-12-25(20)14-17-3-2-7-21-13-17/h2-4,7-9,12-13,18H,5-6,10-11,14-15H2,1H3. The summed E-state index contributed by atoms with van der Waals surface area (Å²) in [6.45, 7) is 4.60. The topological polar surface area (TPSA) is 68.8 Å². The Labute approximate surface area is 158 Å². The Balaban J connectivity index is 1.36. The number of pyridine rings is 1. The number of carbonyl (C=O) groups is 1. The first-order valence-corrected chi connectivity index (χ1v) is 9.37. The average Bonchev–Trinajstić information content (AvgIpc) is 3.32. The van der Waals surface area contributed by atoms with Crippen LogP contribution in [0.25, 0.3) is 0 Å². The van der Waals surface area contributed by atoms with Crippen LogP contribution < -0.4 is 0 Å². The van der Waals surface area contributed by atoms with E-state index >= 15 is 0 Å². The van der Waals surface area contributed by atoms with Gasteiger partial charge in [-0.1, -0.05) is 6.07 Å². The Morgan fingerprint density at radius 1 is 1.19 bits per heavy atom. The number of nitrogens with zero attached hydrogens (tertiary/aromatic N) is 6. The molecule has 1 aliphatic heterocycles. The molecule has 27 heavy (non-hydrogen) atoms. The second-order valence-electron chi connectivity index (χ2n) is 7.06. The van der Waals surface area contributed by atoms with E-state index in [-0.39, 0.29) is 5.91 Å². The van der Waals surface area contributed by atoms with Gasteiger partial charge in [-0.2, -0.15) is 5.10 Å². The molecular formula is C20H24N6O. The van der Waals surface area contributed by atoms with Crippen LogP contribution in [0.2, 0.25) is 0 Å². The van der Waals surface area contributed by atoms with Crippen LogP contribution in [0.15, 0.2) is 49.2 Å².